The Morgan fingerprint density at radius 3 is 2.50 bits per heavy atom. The smallest absolute Gasteiger partial charge is 0.379 e. The molecule has 0 radical (unpaired) electrons. The molecule has 0 atom stereocenters. The zero-order valence-electron chi connectivity index (χ0n) is 15.1. The first-order valence-corrected chi connectivity index (χ1v) is 8.92. The van der Waals surface area contributed by atoms with E-state index in [4.69, 9.17) is 25.2 Å². The van der Waals surface area contributed by atoms with Crippen LogP contribution in [0.5, 0.6) is 5.75 Å². The van der Waals surface area contributed by atoms with Crippen LogP contribution in [-0.4, -0.2) is 5.97 Å². The van der Waals surface area contributed by atoms with Crippen LogP contribution in [0.2, 0.25) is 5.02 Å². The van der Waals surface area contributed by atoms with Crippen molar-refractivity contribution in [2.75, 3.05) is 0 Å². The molecule has 2 aromatic heterocycles. The third-order valence-electron chi connectivity index (χ3n) is 4.50. The van der Waals surface area contributed by atoms with Crippen molar-refractivity contribution >= 4 is 28.5 Å². The Morgan fingerprint density at radius 2 is 1.79 bits per heavy atom. The second-order valence-corrected chi connectivity index (χ2v) is 6.78. The fraction of sp³-hybridized carbons (Fsp3) is 0.0909. The van der Waals surface area contributed by atoms with Gasteiger partial charge in [-0.1, -0.05) is 23.7 Å². The van der Waals surface area contributed by atoms with Gasteiger partial charge in [0.1, 0.15) is 5.58 Å². The second-order valence-electron chi connectivity index (χ2n) is 6.37. The van der Waals surface area contributed by atoms with E-state index in [1.165, 1.54) is 12.3 Å². The zero-order chi connectivity index (χ0) is 19.8. The molecule has 28 heavy (non-hydrogen) atoms. The predicted molar refractivity (Wildman–Crippen MR) is 106 cm³/mol. The van der Waals surface area contributed by atoms with E-state index in [1.807, 2.05) is 13.8 Å². The lowest BCUT2D eigenvalue weighted by Crippen LogP contribution is -2.16. The summed E-state index contributed by atoms with van der Waals surface area (Å²) in [5.41, 5.74) is 2.28. The fourth-order valence-electron chi connectivity index (χ4n) is 2.89. The van der Waals surface area contributed by atoms with Crippen LogP contribution in [-0.2, 0) is 0 Å². The summed E-state index contributed by atoms with van der Waals surface area (Å²) in [6.45, 7) is 3.82. The molecule has 140 valence electrons. The van der Waals surface area contributed by atoms with Crippen molar-refractivity contribution in [1.29, 1.82) is 0 Å². The van der Waals surface area contributed by atoms with Gasteiger partial charge >= 0.3 is 5.97 Å². The first-order valence-electron chi connectivity index (χ1n) is 8.54. The third kappa shape index (κ3) is 3.10. The van der Waals surface area contributed by atoms with Gasteiger partial charge in [0.05, 0.1) is 16.7 Å². The van der Waals surface area contributed by atoms with Gasteiger partial charge in [0, 0.05) is 5.56 Å². The van der Waals surface area contributed by atoms with E-state index in [1.54, 1.807) is 42.5 Å². The van der Waals surface area contributed by atoms with E-state index in [9.17, 15) is 9.59 Å². The summed E-state index contributed by atoms with van der Waals surface area (Å²) in [6, 6.07) is 13.4. The lowest BCUT2D eigenvalue weighted by Gasteiger charge is -2.12. The Hall–Kier alpha value is -3.31. The number of aryl methyl sites for hydroxylation is 2. The standard InChI is InChI=1S/C22H15ClO5/c1-12-10-15-18(11-13(12)2)27-20(14-6-3-4-7-16(14)23)21(19(15)24)28-22(25)17-8-5-9-26-17/h3-11H,1-2H3. The molecule has 0 saturated heterocycles. The van der Waals surface area contributed by atoms with Crippen LogP contribution in [0, 0.1) is 13.8 Å². The van der Waals surface area contributed by atoms with Gasteiger partial charge in [-0.2, -0.15) is 0 Å². The number of ether oxygens (including phenoxy) is 1. The van der Waals surface area contributed by atoms with Crippen molar-refractivity contribution in [3.05, 3.63) is 86.9 Å². The van der Waals surface area contributed by atoms with Crippen molar-refractivity contribution in [3.63, 3.8) is 0 Å². The summed E-state index contributed by atoms with van der Waals surface area (Å²) >= 11 is 6.31. The number of halogens is 1. The minimum absolute atomic E-state index is 0.0234. The summed E-state index contributed by atoms with van der Waals surface area (Å²) < 4.78 is 16.5. The van der Waals surface area contributed by atoms with Crippen LogP contribution in [0.15, 0.2) is 68.4 Å². The van der Waals surface area contributed by atoms with E-state index in [-0.39, 0.29) is 17.3 Å². The summed E-state index contributed by atoms with van der Waals surface area (Å²) in [5.74, 6) is -0.963. The van der Waals surface area contributed by atoms with E-state index in [0.29, 0.717) is 21.6 Å². The summed E-state index contributed by atoms with van der Waals surface area (Å²) in [4.78, 5) is 25.6. The maximum atomic E-state index is 13.2. The van der Waals surface area contributed by atoms with Crippen molar-refractivity contribution < 1.29 is 18.4 Å². The Kier molecular flexibility index (Phi) is 4.53. The second kappa shape index (κ2) is 7.02. The number of rotatable bonds is 3. The Labute approximate surface area is 165 Å². The summed E-state index contributed by atoms with van der Waals surface area (Å²) in [6.07, 6.45) is 1.35. The van der Waals surface area contributed by atoms with Gasteiger partial charge in [-0.05, 0) is 61.4 Å². The third-order valence-corrected chi connectivity index (χ3v) is 4.83. The van der Waals surface area contributed by atoms with Crippen LogP contribution < -0.4 is 10.2 Å². The van der Waals surface area contributed by atoms with Crippen molar-refractivity contribution in [1.82, 2.24) is 0 Å². The quantitative estimate of drug-likeness (QED) is 0.426. The number of furan rings is 1. The van der Waals surface area contributed by atoms with Crippen LogP contribution in [0.3, 0.4) is 0 Å². The molecule has 2 heterocycles. The average molecular weight is 395 g/mol. The molecule has 0 aliphatic heterocycles. The monoisotopic (exact) mass is 394 g/mol. The average Bonchev–Trinajstić information content (AvgIpc) is 3.21. The predicted octanol–water partition coefficient (Wildman–Crippen LogP) is 5.54. The maximum Gasteiger partial charge on any atom is 0.379 e. The summed E-state index contributed by atoms with van der Waals surface area (Å²) in [5, 5.41) is 0.685. The number of carbonyl (C=O) groups is 1. The Morgan fingerprint density at radius 1 is 1.04 bits per heavy atom. The molecule has 4 aromatic rings. The molecule has 2 aromatic carbocycles. The molecule has 0 aliphatic rings. The molecule has 0 N–H and O–H groups in total. The van der Waals surface area contributed by atoms with Crippen molar-refractivity contribution in [3.8, 4) is 17.1 Å². The number of benzene rings is 2. The van der Waals surface area contributed by atoms with E-state index in [2.05, 4.69) is 0 Å². The van der Waals surface area contributed by atoms with Gasteiger partial charge in [0.2, 0.25) is 16.9 Å². The molecule has 0 amide bonds. The van der Waals surface area contributed by atoms with E-state index >= 15 is 0 Å². The molecular formula is C22H15ClO5. The van der Waals surface area contributed by atoms with Gasteiger partial charge in [0.15, 0.2) is 5.76 Å². The number of hydrogen-bond donors (Lipinski definition) is 0. The number of carbonyl (C=O) groups excluding carboxylic acids is 1. The lowest BCUT2D eigenvalue weighted by molar-refractivity contribution is 0.0698. The van der Waals surface area contributed by atoms with Crippen LogP contribution in [0.25, 0.3) is 22.3 Å². The maximum absolute atomic E-state index is 13.2. The van der Waals surface area contributed by atoms with Gasteiger partial charge < -0.3 is 13.6 Å². The highest BCUT2D eigenvalue weighted by molar-refractivity contribution is 6.33. The molecule has 0 saturated carbocycles. The first kappa shape index (κ1) is 18.1. The molecule has 0 bridgehead atoms. The summed E-state index contributed by atoms with van der Waals surface area (Å²) in [7, 11) is 0. The highest BCUT2D eigenvalue weighted by Gasteiger charge is 2.24. The van der Waals surface area contributed by atoms with Crippen molar-refractivity contribution in [2.45, 2.75) is 13.8 Å². The van der Waals surface area contributed by atoms with Crippen LogP contribution in [0.4, 0.5) is 0 Å². The molecule has 0 aliphatic carbocycles. The normalized spacial score (nSPS) is 11.0. The number of esters is 1. The highest BCUT2D eigenvalue weighted by Crippen LogP contribution is 2.36. The Balaban J connectivity index is 1.99. The molecular weight excluding hydrogens is 380 g/mol. The minimum Gasteiger partial charge on any atom is -0.457 e. The van der Waals surface area contributed by atoms with Gasteiger partial charge in [0.25, 0.3) is 0 Å². The largest absolute Gasteiger partial charge is 0.457 e. The molecule has 6 heteroatoms. The molecule has 4 rings (SSSR count). The first-order chi connectivity index (χ1) is 13.5. The molecule has 5 nitrogen and oxygen atoms in total. The SMILES string of the molecule is Cc1cc2oc(-c3ccccc3Cl)c(OC(=O)c3ccco3)c(=O)c2cc1C. The van der Waals surface area contributed by atoms with Gasteiger partial charge in [-0.15, -0.1) is 0 Å². The zero-order valence-corrected chi connectivity index (χ0v) is 15.9. The molecule has 0 fully saturated rings. The van der Waals surface area contributed by atoms with E-state index in [0.717, 1.165) is 11.1 Å². The van der Waals surface area contributed by atoms with Crippen LogP contribution in [0.1, 0.15) is 21.7 Å². The number of fused-ring (bicyclic) bond motifs is 1. The van der Waals surface area contributed by atoms with Gasteiger partial charge in [-0.3, -0.25) is 4.79 Å². The number of hydrogen-bond acceptors (Lipinski definition) is 5. The molecule has 0 unspecified atom stereocenters. The lowest BCUT2D eigenvalue weighted by atomic mass is 10.0. The van der Waals surface area contributed by atoms with Gasteiger partial charge in [-0.25, -0.2) is 4.79 Å². The van der Waals surface area contributed by atoms with Crippen molar-refractivity contribution in [2.24, 2.45) is 0 Å². The topological polar surface area (TPSA) is 69.7 Å². The molecule has 0 spiro atoms. The fourth-order valence-corrected chi connectivity index (χ4v) is 3.11. The van der Waals surface area contributed by atoms with E-state index < -0.39 is 11.4 Å². The van der Waals surface area contributed by atoms with Crippen LogP contribution >= 0.6 is 11.6 Å². The Bertz CT molecular complexity index is 1250. The highest BCUT2D eigenvalue weighted by atomic mass is 35.5. The minimum atomic E-state index is -0.797.